The summed E-state index contributed by atoms with van der Waals surface area (Å²) in [5.74, 6) is 10.8. The summed E-state index contributed by atoms with van der Waals surface area (Å²) in [6.45, 7) is 0. The van der Waals surface area contributed by atoms with Crippen LogP contribution in [0.4, 0.5) is 11.4 Å². The van der Waals surface area contributed by atoms with E-state index >= 15 is 0 Å². The second-order valence-electron chi connectivity index (χ2n) is 6.36. The first-order valence-corrected chi connectivity index (χ1v) is 8.58. The number of benzene rings is 2. The van der Waals surface area contributed by atoms with Crippen molar-refractivity contribution in [2.45, 2.75) is 0 Å². The van der Waals surface area contributed by atoms with Crippen molar-refractivity contribution in [2.24, 2.45) is 0 Å². The Labute approximate surface area is 166 Å². The summed E-state index contributed by atoms with van der Waals surface area (Å²) < 4.78 is 0. The predicted octanol–water partition coefficient (Wildman–Crippen LogP) is 3.78. The number of hydrogen-bond acceptors (Lipinski definition) is 4. The van der Waals surface area contributed by atoms with Crippen LogP contribution >= 0.6 is 0 Å². The van der Waals surface area contributed by atoms with Crippen molar-refractivity contribution in [3.63, 3.8) is 0 Å². The molecule has 136 valence electrons. The topological polar surface area (TPSA) is 54.1 Å². The van der Waals surface area contributed by atoms with E-state index < -0.39 is 0 Å². The van der Waals surface area contributed by atoms with Crippen molar-refractivity contribution < 1.29 is 0 Å². The Balaban J connectivity index is 2.72. The number of rotatable bonds is 4. The lowest BCUT2D eigenvalue weighted by molar-refractivity contribution is 1.13. The van der Waals surface area contributed by atoms with Crippen LogP contribution in [-0.2, 0) is 0 Å². The van der Waals surface area contributed by atoms with Gasteiger partial charge in [0.1, 0.15) is 0 Å². The van der Waals surface area contributed by atoms with E-state index in [1.165, 1.54) is 0 Å². The molecule has 0 radical (unpaired) electrons. The zero-order valence-electron chi connectivity index (χ0n) is 16.4. The number of allylic oxidation sites excluding steroid dienone is 2. The first-order valence-electron chi connectivity index (χ1n) is 8.58. The largest absolute Gasteiger partial charge is 0.378 e. The number of nitrogens with zero attached hydrogens (tertiary/aromatic N) is 4. The first-order chi connectivity index (χ1) is 13.5. The molecule has 0 fully saturated rings. The summed E-state index contributed by atoms with van der Waals surface area (Å²) in [7, 11) is 7.88. The minimum Gasteiger partial charge on any atom is -0.378 e. The Hall–Kier alpha value is -4.12. The molecule has 0 heterocycles. The van der Waals surface area contributed by atoms with Gasteiger partial charge >= 0.3 is 0 Å². The molecule has 0 aliphatic heterocycles. The van der Waals surface area contributed by atoms with Crippen LogP contribution in [0.3, 0.4) is 0 Å². The van der Waals surface area contributed by atoms with Gasteiger partial charge in [-0.3, -0.25) is 0 Å². The Kier molecular flexibility index (Phi) is 6.88. The van der Waals surface area contributed by atoms with Gasteiger partial charge in [0.25, 0.3) is 0 Å². The van der Waals surface area contributed by atoms with E-state index in [2.05, 4.69) is 23.7 Å². The number of nitriles is 2. The second kappa shape index (κ2) is 9.54. The summed E-state index contributed by atoms with van der Waals surface area (Å²) in [6.07, 6.45) is 0. The fourth-order valence-corrected chi connectivity index (χ4v) is 2.59. The summed E-state index contributed by atoms with van der Waals surface area (Å²) in [5, 5.41) is 17.9. The summed E-state index contributed by atoms with van der Waals surface area (Å²) >= 11 is 0. The van der Waals surface area contributed by atoms with Crippen LogP contribution in [0.2, 0.25) is 0 Å². The Morgan fingerprint density at radius 3 is 1.18 bits per heavy atom. The molecule has 2 aromatic carbocycles. The van der Waals surface area contributed by atoms with E-state index in [-0.39, 0.29) is 0 Å². The van der Waals surface area contributed by atoms with Gasteiger partial charge in [0.15, 0.2) is 12.1 Å². The van der Waals surface area contributed by atoms with Crippen molar-refractivity contribution in [3.8, 4) is 35.8 Å². The number of anilines is 2. The van der Waals surface area contributed by atoms with Gasteiger partial charge < -0.3 is 9.80 Å². The van der Waals surface area contributed by atoms with Crippen LogP contribution in [0.15, 0.2) is 48.5 Å². The molecule has 0 unspecified atom stereocenters. The van der Waals surface area contributed by atoms with Gasteiger partial charge in [0.2, 0.25) is 0 Å². The molecule has 28 heavy (non-hydrogen) atoms. The molecule has 0 aliphatic rings. The van der Waals surface area contributed by atoms with Gasteiger partial charge in [-0.25, -0.2) is 0 Å². The van der Waals surface area contributed by atoms with Gasteiger partial charge in [-0.1, -0.05) is 24.3 Å². The highest BCUT2D eigenvalue weighted by Gasteiger charge is 2.10. The molecule has 2 aromatic rings. The van der Waals surface area contributed by atoms with Crippen molar-refractivity contribution in [1.29, 1.82) is 10.5 Å². The van der Waals surface area contributed by atoms with Gasteiger partial charge in [-0.15, -0.1) is 0 Å². The highest BCUT2D eigenvalue weighted by atomic mass is 15.1. The Morgan fingerprint density at radius 1 is 0.607 bits per heavy atom. The monoisotopic (exact) mass is 364 g/mol. The van der Waals surface area contributed by atoms with Crippen LogP contribution in [0.5, 0.6) is 0 Å². The third kappa shape index (κ3) is 4.95. The predicted molar refractivity (Wildman–Crippen MR) is 115 cm³/mol. The molecule has 0 amide bonds. The molecule has 0 spiro atoms. The summed E-state index contributed by atoms with van der Waals surface area (Å²) in [4.78, 5) is 4.01. The average Bonchev–Trinajstić information content (AvgIpc) is 2.70. The summed E-state index contributed by atoms with van der Waals surface area (Å²) in [5.41, 5.74) is 5.02. The quantitative estimate of drug-likeness (QED) is 0.612. The number of hydrogen-bond donors (Lipinski definition) is 0. The van der Waals surface area contributed by atoms with Crippen LogP contribution in [-0.4, -0.2) is 28.2 Å². The molecule has 0 N–H and O–H groups in total. The Morgan fingerprint density at radius 2 is 0.929 bits per heavy atom. The zero-order valence-corrected chi connectivity index (χ0v) is 16.4. The SMILES string of the molecule is CN(C)c1ccc(/C(C#CC#N)=C(\C#CC#N)c2ccc(N(C)C)cc2)cc1. The van der Waals surface area contributed by atoms with Gasteiger partial charge in [-0.2, -0.15) is 10.5 Å². The van der Waals surface area contributed by atoms with Crippen LogP contribution in [0, 0.1) is 46.3 Å². The maximum Gasteiger partial charge on any atom is 0.152 e. The molecule has 0 saturated carbocycles. The van der Waals surface area contributed by atoms with Gasteiger partial charge in [0.05, 0.1) is 0 Å². The molecule has 0 bridgehead atoms. The average molecular weight is 364 g/mol. The molecule has 0 aliphatic carbocycles. The van der Waals surface area contributed by atoms with E-state index in [0.29, 0.717) is 11.1 Å². The molecule has 0 atom stereocenters. The fraction of sp³-hybridized carbons (Fsp3) is 0.167. The molecule has 0 aromatic heterocycles. The van der Waals surface area contributed by atoms with Crippen molar-refractivity contribution in [3.05, 3.63) is 59.7 Å². The normalized spacial score (nSPS) is 10.1. The van der Waals surface area contributed by atoms with Gasteiger partial charge in [-0.05, 0) is 47.2 Å². The van der Waals surface area contributed by atoms with Crippen molar-refractivity contribution >= 4 is 22.5 Å². The maximum absolute atomic E-state index is 8.96. The molecular formula is C24H20N4. The van der Waals surface area contributed by atoms with E-state index in [1.807, 2.05) is 98.7 Å². The smallest absolute Gasteiger partial charge is 0.152 e. The Bertz CT molecular complexity index is 977. The first kappa shape index (κ1) is 20.2. The molecule has 0 saturated heterocycles. The third-order valence-electron chi connectivity index (χ3n) is 4.08. The van der Waals surface area contributed by atoms with Crippen LogP contribution in [0.1, 0.15) is 11.1 Å². The van der Waals surface area contributed by atoms with E-state index in [4.69, 9.17) is 10.5 Å². The van der Waals surface area contributed by atoms with E-state index in [9.17, 15) is 0 Å². The highest BCUT2D eigenvalue weighted by molar-refractivity contribution is 6.04. The van der Waals surface area contributed by atoms with Crippen molar-refractivity contribution in [2.75, 3.05) is 38.0 Å². The van der Waals surface area contributed by atoms with Crippen LogP contribution < -0.4 is 9.80 Å². The fourth-order valence-electron chi connectivity index (χ4n) is 2.59. The maximum atomic E-state index is 8.96. The lowest BCUT2D eigenvalue weighted by Crippen LogP contribution is -2.08. The van der Waals surface area contributed by atoms with Crippen molar-refractivity contribution in [1.82, 2.24) is 0 Å². The molecule has 4 heteroatoms. The lowest BCUT2D eigenvalue weighted by atomic mass is 9.94. The van der Waals surface area contributed by atoms with Crippen LogP contribution in [0.25, 0.3) is 11.1 Å². The van der Waals surface area contributed by atoms with E-state index in [1.54, 1.807) is 0 Å². The molecular weight excluding hydrogens is 344 g/mol. The third-order valence-corrected chi connectivity index (χ3v) is 4.08. The second-order valence-corrected chi connectivity index (χ2v) is 6.36. The molecule has 2 rings (SSSR count). The van der Waals surface area contributed by atoms with E-state index in [0.717, 1.165) is 22.5 Å². The summed E-state index contributed by atoms with van der Waals surface area (Å²) in [6, 6.07) is 19.4. The van der Waals surface area contributed by atoms with Gasteiger partial charge in [0, 0.05) is 62.6 Å². The minimum atomic E-state index is 0.618. The standard InChI is InChI=1S/C24H20N4/c1-27(2)21-13-9-19(10-14-21)23(7-5-17-25)24(8-6-18-26)20-11-15-22(16-12-20)28(3)4/h9-16H,1-4H3/b24-23+. The lowest BCUT2D eigenvalue weighted by Gasteiger charge is -2.14. The zero-order chi connectivity index (χ0) is 20.5. The highest BCUT2D eigenvalue weighted by Crippen LogP contribution is 2.28. The molecule has 4 nitrogen and oxygen atoms in total. The minimum absolute atomic E-state index is 0.618.